The maximum absolute atomic E-state index is 12.7. The number of nitrogens with zero attached hydrogens (tertiary/aromatic N) is 2. The molecule has 218 valence electrons. The standard InChI is InChI=1S/C32H34N4O6/c37-29(33-17-25-11-5-9-23-7-1-3-13-27(23)25)19-35(21-31(39)40)15-16-36(22-32(41)42)20-30(38)34-18-26-12-6-10-24-8-2-4-14-28(24)26/h1-14H,15-22H2,(H,33,37)(H,34,38)(H,39,40)(H,41,42). The lowest BCUT2D eigenvalue weighted by molar-refractivity contribution is -0.141. The molecule has 10 heteroatoms. The molecular formula is C32H34N4O6. The summed E-state index contributed by atoms with van der Waals surface area (Å²) in [6.45, 7) is -0.468. The van der Waals surface area contributed by atoms with Crippen LogP contribution in [0.2, 0.25) is 0 Å². The van der Waals surface area contributed by atoms with Gasteiger partial charge >= 0.3 is 11.9 Å². The van der Waals surface area contributed by atoms with Gasteiger partial charge in [-0.15, -0.1) is 0 Å². The number of amides is 2. The first-order chi connectivity index (χ1) is 20.3. The van der Waals surface area contributed by atoms with E-state index in [1.54, 1.807) is 0 Å². The van der Waals surface area contributed by atoms with Crippen LogP contribution < -0.4 is 10.6 Å². The molecule has 0 aliphatic rings. The maximum Gasteiger partial charge on any atom is 0.317 e. The Hall–Kier alpha value is -4.80. The van der Waals surface area contributed by atoms with Gasteiger partial charge in [0.15, 0.2) is 0 Å². The van der Waals surface area contributed by atoms with E-state index in [9.17, 15) is 29.4 Å². The quantitative estimate of drug-likeness (QED) is 0.171. The van der Waals surface area contributed by atoms with Gasteiger partial charge in [0.1, 0.15) is 0 Å². The number of benzene rings is 4. The normalized spacial score (nSPS) is 11.2. The van der Waals surface area contributed by atoms with Gasteiger partial charge in [-0.25, -0.2) is 0 Å². The lowest BCUT2D eigenvalue weighted by Gasteiger charge is -2.25. The number of hydrogen-bond acceptors (Lipinski definition) is 6. The van der Waals surface area contributed by atoms with Crippen LogP contribution in [0.1, 0.15) is 11.1 Å². The number of carboxylic acid groups (broad SMARTS) is 2. The van der Waals surface area contributed by atoms with Crippen molar-refractivity contribution in [2.45, 2.75) is 13.1 Å². The van der Waals surface area contributed by atoms with Crippen LogP contribution in [0, 0.1) is 0 Å². The molecule has 0 heterocycles. The summed E-state index contributed by atoms with van der Waals surface area (Å²) in [4.78, 5) is 51.3. The second kappa shape index (κ2) is 14.7. The van der Waals surface area contributed by atoms with E-state index in [1.807, 2.05) is 84.9 Å². The predicted molar refractivity (Wildman–Crippen MR) is 160 cm³/mol. The summed E-state index contributed by atoms with van der Waals surface area (Å²) in [5.74, 6) is -2.95. The number of nitrogens with one attached hydrogen (secondary N) is 2. The lowest BCUT2D eigenvalue weighted by Crippen LogP contribution is -2.46. The van der Waals surface area contributed by atoms with Crippen molar-refractivity contribution >= 4 is 45.3 Å². The highest BCUT2D eigenvalue weighted by Gasteiger charge is 2.19. The second-order valence-corrected chi connectivity index (χ2v) is 10.0. The van der Waals surface area contributed by atoms with E-state index in [1.165, 1.54) is 9.80 Å². The Morgan fingerprint density at radius 2 is 0.905 bits per heavy atom. The third kappa shape index (κ3) is 8.85. The van der Waals surface area contributed by atoms with Crippen LogP contribution in [0.15, 0.2) is 84.9 Å². The average Bonchev–Trinajstić information content (AvgIpc) is 2.97. The van der Waals surface area contributed by atoms with Crippen molar-refractivity contribution in [1.29, 1.82) is 0 Å². The monoisotopic (exact) mass is 570 g/mol. The van der Waals surface area contributed by atoms with Gasteiger partial charge in [0.2, 0.25) is 11.8 Å². The molecule has 0 aliphatic carbocycles. The van der Waals surface area contributed by atoms with Crippen LogP contribution in [0.3, 0.4) is 0 Å². The molecule has 4 aromatic rings. The number of fused-ring (bicyclic) bond motifs is 2. The number of rotatable bonds is 15. The van der Waals surface area contributed by atoms with Crippen LogP contribution in [0.4, 0.5) is 0 Å². The van der Waals surface area contributed by atoms with Gasteiger partial charge in [-0.05, 0) is 32.7 Å². The highest BCUT2D eigenvalue weighted by Crippen LogP contribution is 2.19. The zero-order chi connectivity index (χ0) is 29.9. The summed E-state index contributed by atoms with van der Waals surface area (Å²) in [5.41, 5.74) is 1.88. The summed E-state index contributed by atoms with van der Waals surface area (Å²) >= 11 is 0. The minimum absolute atomic E-state index is 0.0812. The Morgan fingerprint density at radius 3 is 1.31 bits per heavy atom. The van der Waals surface area contributed by atoms with E-state index in [2.05, 4.69) is 10.6 Å². The van der Waals surface area contributed by atoms with Gasteiger partial charge in [0.25, 0.3) is 0 Å². The molecule has 42 heavy (non-hydrogen) atoms. The van der Waals surface area contributed by atoms with Crippen molar-refractivity contribution in [1.82, 2.24) is 20.4 Å². The van der Waals surface area contributed by atoms with Gasteiger partial charge in [-0.3, -0.25) is 29.0 Å². The Morgan fingerprint density at radius 1 is 0.524 bits per heavy atom. The summed E-state index contributed by atoms with van der Waals surface area (Å²) < 4.78 is 0. The van der Waals surface area contributed by atoms with Crippen molar-refractivity contribution in [3.63, 3.8) is 0 Å². The molecule has 4 aromatic carbocycles. The molecule has 0 aromatic heterocycles. The van der Waals surface area contributed by atoms with Crippen molar-refractivity contribution in [2.75, 3.05) is 39.3 Å². The number of aliphatic carboxylic acids is 2. The van der Waals surface area contributed by atoms with E-state index >= 15 is 0 Å². The fraction of sp³-hybridized carbons (Fsp3) is 0.250. The van der Waals surface area contributed by atoms with Gasteiger partial charge in [0, 0.05) is 26.2 Å². The van der Waals surface area contributed by atoms with Crippen LogP contribution >= 0.6 is 0 Å². The zero-order valence-electron chi connectivity index (χ0n) is 23.2. The lowest BCUT2D eigenvalue weighted by atomic mass is 10.0. The number of carbonyl (C=O) groups is 4. The van der Waals surface area contributed by atoms with Crippen molar-refractivity contribution in [2.24, 2.45) is 0 Å². The Labute approximate surface area is 243 Å². The van der Waals surface area contributed by atoms with Gasteiger partial charge in [-0.2, -0.15) is 0 Å². The fourth-order valence-corrected chi connectivity index (χ4v) is 4.89. The first-order valence-electron chi connectivity index (χ1n) is 13.6. The van der Waals surface area contributed by atoms with Gasteiger partial charge < -0.3 is 20.8 Å². The zero-order valence-corrected chi connectivity index (χ0v) is 23.2. The Balaban J connectivity index is 1.32. The molecule has 0 radical (unpaired) electrons. The molecular weight excluding hydrogens is 536 g/mol. The third-order valence-corrected chi connectivity index (χ3v) is 6.90. The summed E-state index contributed by atoms with van der Waals surface area (Å²) in [6.07, 6.45) is 0. The van der Waals surface area contributed by atoms with Gasteiger partial charge in [-0.1, -0.05) is 84.9 Å². The highest BCUT2D eigenvalue weighted by atomic mass is 16.4. The van der Waals surface area contributed by atoms with Gasteiger partial charge in [0.05, 0.1) is 26.2 Å². The summed E-state index contributed by atoms with van der Waals surface area (Å²) in [5, 5.41) is 28.6. The Kier molecular flexibility index (Phi) is 10.6. The van der Waals surface area contributed by atoms with Crippen LogP contribution in [0.5, 0.6) is 0 Å². The molecule has 0 spiro atoms. The van der Waals surface area contributed by atoms with E-state index in [-0.39, 0.29) is 51.1 Å². The highest BCUT2D eigenvalue weighted by molar-refractivity contribution is 5.87. The molecule has 0 bridgehead atoms. The molecule has 0 saturated carbocycles. The maximum atomic E-state index is 12.7. The van der Waals surface area contributed by atoms with Crippen LogP contribution in [-0.4, -0.2) is 83.0 Å². The van der Waals surface area contributed by atoms with E-state index < -0.39 is 25.0 Å². The molecule has 0 atom stereocenters. The van der Waals surface area contributed by atoms with Crippen LogP contribution in [0.25, 0.3) is 21.5 Å². The number of carbonyl (C=O) groups excluding carboxylic acids is 2. The fourth-order valence-electron chi connectivity index (χ4n) is 4.89. The SMILES string of the molecule is O=C(O)CN(CCN(CC(=O)O)CC(=O)NCc1cccc2ccccc12)CC(=O)NCc1cccc2ccccc12. The molecule has 0 aliphatic heterocycles. The molecule has 10 nitrogen and oxygen atoms in total. The second-order valence-electron chi connectivity index (χ2n) is 10.0. The third-order valence-electron chi connectivity index (χ3n) is 6.90. The van der Waals surface area contributed by atoms with Crippen LogP contribution in [-0.2, 0) is 32.3 Å². The van der Waals surface area contributed by atoms with Crippen molar-refractivity contribution < 1.29 is 29.4 Å². The molecule has 4 N–H and O–H groups in total. The minimum atomic E-state index is -1.12. The minimum Gasteiger partial charge on any atom is -0.480 e. The first-order valence-corrected chi connectivity index (χ1v) is 13.6. The van der Waals surface area contributed by atoms with Crippen molar-refractivity contribution in [3.8, 4) is 0 Å². The molecule has 2 amide bonds. The first kappa shape index (κ1) is 30.2. The largest absolute Gasteiger partial charge is 0.480 e. The summed E-state index contributed by atoms with van der Waals surface area (Å²) in [7, 11) is 0. The molecule has 0 fully saturated rings. The molecule has 4 rings (SSSR count). The molecule has 0 unspecified atom stereocenters. The van der Waals surface area contributed by atoms with E-state index in [4.69, 9.17) is 0 Å². The van der Waals surface area contributed by atoms with E-state index in [0.29, 0.717) is 0 Å². The molecule has 0 saturated heterocycles. The topological polar surface area (TPSA) is 139 Å². The van der Waals surface area contributed by atoms with Crippen molar-refractivity contribution in [3.05, 3.63) is 96.1 Å². The van der Waals surface area contributed by atoms with E-state index in [0.717, 1.165) is 32.7 Å². The summed E-state index contributed by atoms with van der Waals surface area (Å²) in [6, 6.07) is 27.3. The Bertz CT molecular complexity index is 1450. The average molecular weight is 571 g/mol. The predicted octanol–water partition coefficient (Wildman–Crippen LogP) is 2.70. The smallest absolute Gasteiger partial charge is 0.317 e. The number of hydrogen-bond donors (Lipinski definition) is 4. The number of carboxylic acids is 2.